The highest BCUT2D eigenvalue weighted by molar-refractivity contribution is 7.20. The van der Waals surface area contributed by atoms with E-state index >= 15 is 0 Å². The fourth-order valence-corrected chi connectivity index (χ4v) is 3.28. The number of para-hydroxylation sites is 1. The van der Waals surface area contributed by atoms with Crippen molar-refractivity contribution in [2.24, 2.45) is 0 Å². The van der Waals surface area contributed by atoms with Crippen LogP contribution in [0.3, 0.4) is 0 Å². The molecule has 0 saturated carbocycles. The highest BCUT2D eigenvalue weighted by Gasteiger charge is 2.18. The zero-order valence-corrected chi connectivity index (χ0v) is 12.1. The van der Waals surface area contributed by atoms with Crippen LogP contribution >= 0.6 is 11.3 Å². The molecular formula is C15H14N2O2S. The van der Waals surface area contributed by atoms with Crippen LogP contribution in [0, 0.1) is 6.92 Å². The molecule has 0 aliphatic carbocycles. The Kier molecular flexibility index (Phi) is 3.06. The van der Waals surface area contributed by atoms with Crippen LogP contribution in [0.25, 0.3) is 15.9 Å². The number of carboxylic acid groups (broad SMARTS) is 1. The van der Waals surface area contributed by atoms with Crippen LogP contribution in [0.5, 0.6) is 0 Å². The van der Waals surface area contributed by atoms with Crippen LogP contribution in [0.2, 0.25) is 0 Å². The Balaban J connectivity index is 2.30. The Morgan fingerprint density at radius 1 is 1.40 bits per heavy atom. The quantitative estimate of drug-likeness (QED) is 0.799. The van der Waals surface area contributed by atoms with Crippen molar-refractivity contribution in [3.8, 4) is 5.69 Å². The molecule has 2 aromatic heterocycles. The standard InChI is InChI=1S/C15H14N2O2S/c1-3-11-10-8-13(15(18)19)20-14(10)17(16-11)12-7-5-4-6-9(12)2/h4-8H,3H2,1-2H3,(H,18,19). The molecule has 102 valence electrons. The molecule has 1 N–H and O–H groups in total. The molecule has 0 radical (unpaired) electrons. The van der Waals surface area contributed by atoms with Crippen molar-refractivity contribution < 1.29 is 9.90 Å². The van der Waals surface area contributed by atoms with Crippen LogP contribution < -0.4 is 0 Å². The van der Waals surface area contributed by atoms with E-state index in [4.69, 9.17) is 5.11 Å². The maximum Gasteiger partial charge on any atom is 0.345 e. The molecule has 4 nitrogen and oxygen atoms in total. The van der Waals surface area contributed by atoms with Crippen molar-refractivity contribution in [3.05, 3.63) is 46.5 Å². The number of rotatable bonds is 3. The van der Waals surface area contributed by atoms with Crippen LogP contribution in [-0.4, -0.2) is 20.9 Å². The minimum Gasteiger partial charge on any atom is -0.477 e. The van der Waals surface area contributed by atoms with Gasteiger partial charge < -0.3 is 5.11 Å². The summed E-state index contributed by atoms with van der Waals surface area (Å²) >= 11 is 1.27. The second-order valence-electron chi connectivity index (χ2n) is 4.63. The third-order valence-corrected chi connectivity index (χ3v) is 4.42. The normalized spacial score (nSPS) is 11.1. The number of nitrogens with zero attached hydrogens (tertiary/aromatic N) is 2. The number of hydrogen-bond donors (Lipinski definition) is 1. The van der Waals surface area contributed by atoms with E-state index in [0.717, 1.165) is 33.6 Å². The SMILES string of the molecule is CCc1nn(-c2ccccc2C)c2sc(C(=O)O)cc12. The van der Waals surface area contributed by atoms with E-state index in [9.17, 15) is 4.79 Å². The van der Waals surface area contributed by atoms with Crippen molar-refractivity contribution in [2.45, 2.75) is 20.3 Å². The summed E-state index contributed by atoms with van der Waals surface area (Å²) in [5.41, 5.74) is 3.05. The zero-order valence-electron chi connectivity index (χ0n) is 11.3. The third-order valence-electron chi connectivity index (χ3n) is 3.33. The fraction of sp³-hybridized carbons (Fsp3) is 0.200. The summed E-state index contributed by atoms with van der Waals surface area (Å²) in [6, 6.07) is 9.70. The average Bonchev–Trinajstić information content (AvgIpc) is 2.98. The minimum atomic E-state index is -0.885. The topological polar surface area (TPSA) is 55.1 Å². The Morgan fingerprint density at radius 3 is 2.80 bits per heavy atom. The molecule has 0 saturated heterocycles. The lowest BCUT2D eigenvalue weighted by atomic mass is 10.2. The molecule has 5 heteroatoms. The first kappa shape index (κ1) is 12.9. The van der Waals surface area contributed by atoms with Gasteiger partial charge in [0.1, 0.15) is 9.71 Å². The summed E-state index contributed by atoms with van der Waals surface area (Å²) in [5, 5.41) is 14.7. The van der Waals surface area contributed by atoms with E-state index in [1.807, 2.05) is 42.8 Å². The van der Waals surface area contributed by atoms with Crippen molar-refractivity contribution >= 4 is 27.5 Å². The molecule has 0 aliphatic rings. The molecule has 20 heavy (non-hydrogen) atoms. The first-order valence-corrected chi connectivity index (χ1v) is 7.24. The van der Waals surface area contributed by atoms with Crippen LogP contribution in [0.15, 0.2) is 30.3 Å². The van der Waals surface area contributed by atoms with Gasteiger partial charge in [0.25, 0.3) is 0 Å². The fourth-order valence-electron chi connectivity index (χ4n) is 2.30. The molecule has 0 aliphatic heterocycles. The Morgan fingerprint density at radius 2 is 2.15 bits per heavy atom. The second-order valence-corrected chi connectivity index (χ2v) is 5.66. The highest BCUT2D eigenvalue weighted by Crippen LogP contribution is 2.31. The second kappa shape index (κ2) is 4.76. The average molecular weight is 286 g/mol. The molecule has 0 amide bonds. The van der Waals surface area contributed by atoms with Crippen molar-refractivity contribution in [1.82, 2.24) is 9.78 Å². The summed E-state index contributed by atoms with van der Waals surface area (Å²) < 4.78 is 1.86. The van der Waals surface area contributed by atoms with E-state index < -0.39 is 5.97 Å². The number of hydrogen-bond acceptors (Lipinski definition) is 3. The summed E-state index contributed by atoms with van der Waals surface area (Å²) in [6.45, 7) is 4.06. The lowest BCUT2D eigenvalue weighted by molar-refractivity contribution is 0.0702. The monoisotopic (exact) mass is 286 g/mol. The van der Waals surface area contributed by atoms with Crippen molar-refractivity contribution in [2.75, 3.05) is 0 Å². The molecule has 0 bridgehead atoms. The van der Waals surface area contributed by atoms with Gasteiger partial charge in [-0.25, -0.2) is 9.48 Å². The number of carboxylic acids is 1. The van der Waals surface area contributed by atoms with E-state index in [2.05, 4.69) is 5.10 Å². The third kappa shape index (κ3) is 1.91. The van der Waals surface area contributed by atoms with Gasteiger partial charge in [-0.15, -0.1) is 11.3 Å². The molecule has 0 fully saturated rings. The molecule has 0 unspecified atom stereocenters. The largest absolute Gasteiger partial charge is 0.477 e. The number of carbonyl (C=O) groups is 1. The summed E-state index contributed by atoms with van der Waals surface area (Å²) in [6.07, 6.45) is 0.783. The maximum atomic E-state index is 11.2. The van der Waals surface area contributed by atoms with Gasteiger partial charge in [-0.05, 0) is 31.0 Å². The Bertz CT molecular complexity index is 801. The maximum absolute atomic E-state index is 11.2. The zero-order chi connectivity index (χ0) is 14.3. The molecule has 1 aromatic carbocycles. The summed E-state index contributed by atoms with van der Waals surface area (Å²) in [7, 11) is 0. The van der Waals surface area contributed by atoms with Gasteiger partial charge in [-0.1, -0.05) is 25.1 Å². The predicted molar refractivity (Wildman–Crippen MR) is 80.0 cm³/mol. The first-order chi connectivity index (χ1) is 9.61. The van der Waals surface area contributed by atoms with Crippen LogP contribution in [-0.2, 0) is 6.42 Å². The molecule has 0 spiro atoms. The number of fused-ring (bicyclic) bond motifs is 1. The Hall–Kier alpha value is -2.14. The first-order valence-electron chi connectivity index (χ1n) is 6.42. The molecule has 3 aromatic rings. The van der Waals surface area contributed by atoms with Crippen LogP contribution in [0.4, 0.5) is 0 Å². The minimum absolute atomic E-state index is 0.356. The molecule has 2 heterocycles. The summed E-state index contributed by atoms with van der Waals surface area (Å²) in [5.74, 6) is -0.885. The highest BCUT2D eigenvalue weighted by atomic mass is 32.1. The smallest absolute Gasteiger partial charge is 0.345 e. The summed E-state index contributed by atoms with van der Waals surface area (Å²) in [4.78, 5) is 12.4. The number of aryl methyl sites for hydroxylation is 2. The van der Waals surface area contributed by atoms with Gasteiger partial charge in [0.05, 0.1) is 11.4 Å². The molecule has 3 rings (SSSR count). The van der Waals surface area contributed by atoms with E-state index in [1.54, 1.807) is 6.07 Å². The Labute approximate surface area is 120 Å². The van der Waals surface area contributed by atoms with Gasteiger partial charge in [0, 0.05) is 5.39 Å². The van der Waals surface area contributed by atoms with Gasteiger partial charge in [-0.2, -0.15) is 5.10 Å². The lowest BCUT2D eigenvalue weighted by Gasteiger charge is -2.05. The molecule has 0 atom stereocenters. The van der Waals surface area contributed by atoms with Crippen LogP contribution in [0.1, 0.15) is 27.9 Å². The number of aromatic carboxylic acids is 1. The number of thiophene rings is 1. The van der Waals surface area contributed by atoms with E-state index in [-0.39, 0.29) is 0 Å². The number of benzene rings is 1. The van der Waals surface area contributed by atoms with Gasteiger partial charge in [0.15, 0.2) is 0 Å². The number of aromatic nitrogens is 2. The van der Waals surface area contributed by atoms with Gasteiger partial charge in [0.2, 0.25) is 0 Å². The van der Waals surface area contributed by atoms with Gasteiger partial charge in [-0.3, -0.25) is 0 Å². The van der Waals surface area contributed by atoms with E-state index in [1.165, 1.54) is 11.3 Å². The van der Waals surface area contributed by atoms with Crippen molar-refractivity contribution in [3.63, 3.8) is 0 Å². The van der Waals surface area contributed by atoms with E-state index in [0.29, 0.717) is 4.88 Å². The predicted octanol–water partition coefficient (Wildman–Crippen LogP) is 3.66. The van der Waals surface area contributed by atoms with Crippen molar-refractivity contribution in [1.29, 1.82) is 0 Å². The lowest BCUT2D eigenvalue weighted by Crippen LogP contribution is -1.99. The molecular weight excluding hydrogens is 272 g/mol. The van der Waals surface area contributed by atoms with Gasteiger partial charge >= 0.3 is 5.97 Å².